The van der Waals surface area contributed by atoms with Crippen molar-refractivity contribution < 1.29 is 4.74 Å². The largest absolute Gasteiger partial charge is 0.481 e. The molecule has 1 aromatic heterocycles. The van der Waals surface area contributed by atoms with Crippen LogP contribution in [0.3, 0.4) is 0 Å². The van der Waals surface area contributed by atoms with E-state index in [1.54, 1.807) is 20.4 Å². The van der Waals surface area contributed by atoms with Crippen LogP contribution in [0.5, 0.6) is 5.88 Å². The van der Waals surface area contributed by atoms with Gasteiger partial charge in [0, 0.05) is 39.4 Å². The lowest BCUT2D eigenvalue weighted by Gasteiger charge is -2.21. The normalized spacial score (nSPS) is 10.5. The lowest BCUT2D eigenvalue weighted by Crippen LogP contribution is -2.38. The predicted molar refractivity (Wildman–Crippen MR) is 98.5 cm³/mol. The fourth-order valence-corrected chi connectivity index (χ4v) is 1.82. The molecule has 0 aliphatic carbocycles. The number of methoxy groups -OCH3 is 1. The third kappa shape index (κ3) is 7.31. The highest BCUT2D eigenvalue weighted by atomic mass is 127. The number of unbranched alkanes of at least 4 members (excludes halogenated alkanes) is 1. The van der Waals surface area contributed by atoms with E-state index >= 15 is 0 Å². The zero-order valence-corrected chi connectivity index (χ0v) is 15.3. The molecule has 0 amide bonds. The number of pyridine rings is 1. The van der Waals surface area contributed by atoms with Crippen molar-refractivity contribution in [3.05, 3.63) is 36.5 Å². The van der Waals surface area contributed by atoms with E-state index in [4.69, 9.17) is 4.74 Å². The van der Waals surface area contributed by atoms with Gasteiger partial charge in [-0.1, -0.05) is 6.08 Å². The van der Waals surface area contributed by atoms with Gasteiger partial charge in [0.2, 0.25) is 5.88 Å². The molecule has 118 valence electrons. The zero-order valence-electron chi connectivity index (χ0n) is 13.0. The van der Waals surface area contributed by atoms with Gasteiger partial charge in [-0.25, -0.2) is 4.98 Å². The van der Waals surface area contributed by atoms with Crippen LogP contribution in [-0.4, -0.2) is 43.6 Å². The van der Waals surface area contributed by atoms with Gasteiger partial charge in [0.15, 0.2) is 5.96 Å². The first-order valence-electron chi connectivity index (χ1n) is 6.73. The average molecular weight is 404 g/mol. The van der Waals surface area contributed by atoms with Crippen LogP contribution >= 0.6 is 24.0 Å². The smallest absolute Gasteiger partial charge is 0.213 e. The van der Waals surface area contributed by atoms with E-state index < -0.39 is 0 Å². The minimum Gasteiger partial charge on any atom is -0.481 e. The van der Waals surface area contributed by atoms with Gasteiger partial charge in [-0.2, -0.15) is 0 Å². The summed E-state index contributed by atoms with van der Waals surface area (Å²) in [6.07, 6.45) is 5.77. The van der Waals surface area contributed by atoms with Crippen molar-refractivity contribution in [1.29, 1.82) is 0 Å². The maximum atomic E-state index is 5.11. The maximum absolute atomic E-state index is 5.11. The monoisotopic (exact) mass is 404 g/mol. The third-order valence-corrected chi connectivity index (χ3v) is 2.93. The summed E-state index contributed by atoms with van der Waals surface area (Å²) in [4.78, 5) is 10.5. The average Bonchev–Trinajstić information content (AvgIpc) is 2.48. The number of nitrogens with one attached hydrogen (secondary N) is 1. The van der Waals surface area contributed by atoms with Crippen molar-refractivity contribution in [2.24, 2.45) is 4.99 Å². The van der Waals surface area contributed by atoms with E-state index in [-0.39, 0.29) is 24.0 Å². The van der Waals surface area contributed by atoms with Crippen molar-refractivity contribution in [3.8, 4) is 5.88 Å². The fraction of sp³-hybridized carbons (Fsp3) is 0.467. The molecule has 0 bridgehead atoms. The highest BCUT2D eigenvalue weighted by Gasteiger charge is 2.05. The molecule has 0 aliphatic heterocycles. The lowest BCUT2D eigenvalue weighted by molar-refractivity contribution is 0.397. The van der Waals surface area contributed by atoms with Gasteiger partial charge in [-0.15, -0.1) is 30.6 Å². The summed E-state index contributed by atoms with van der Waals surface area (Å²) >= 11 is 0. The molecule has 0 saturated carbocycles. The van der Waals surface area contributed by atoms with Gasteiger partial charge in [-0.3, -0.25) is 4.99 Å². The summed E-state index contributed by atoms with van der Waals surface area (Å²) in [5.41, 5.74) is 1.11. The summed E-state index contributed by atoms with van der Waals surface area (Å²) in [7, 11) is 5.44. The Morgan fingerprint density at radius 3 is 2.95 bits per heavy atom. The Bertz CT molecular complexity index is 451. The van der Waals surface area contributed by atoms with Crippen molar-refractivity contribution >= 4 is 29.9 Å². The quantitative estimate of drug-likeness (QED) is 0.250. The molecule has 0 fully saturated rings. The highest BCUT2D eigenvalue weighted by Crippen LogP contribution is 2.08. The van der Waals surface area contributed by atoms with Gasteiger partial charge < -0.3 is 15.0 Å². The van der Waals surface area contributed by atoms with Gasteiger partial charge >= 0.3 is 0 Å². The number of hydrogen-bond acceptors (Lipinski definition) is 3. The first-order chi connectivity index (χ1) is 9.71. The van der Waals surface area contributed by atoms with Crippen LogP contribution in [0.4, 0.5) is 0 Å². The summed E-state index contributed by atoms with van der Waals surface area (Å²) in [6, 6.07) is 3.87. The number of hydrogen-bond donors (Lipinski definition) is 1. The summed E-state index contributed by atoms with van der Waals surface area (Å²) in [5.74, 6) is 1.50. The van der Waals surface area contributed by atoms with Crippen LogP contribution < -0.4 is 10.1 Å². The molecule has 1 N–H and O–H groups in total. The van der Waals surface area contributed by atoms with Gasteiger partial charge in [-0.05, 0) is 24.5 Å². The second kappa shape index (κ2) is 11.4. The predicted octanol–water partition coefficient (Wildman–Crippen LogP) is 2.68. The second-order valence-corrected chi connectivity index (χ2v) is 4.46. The SMILES string of the molecule is C=CCCCN(C)C(=NC)NCc1ccnc(OC)c1.I. The van der Waals surface area contributed by atoms with Gasteiger partial charge in [0.05, 0.1) is 7.11 Å². The molecule has 1 heterocycles. The number of halogens is 1. The van der Waals surface area contributed by atoms with Crippen LogP contribution in [0.25, 0.3) is 0 Å². The highest BCUT2D eigenvalue weighted by molar-refractivity contribution is 14.0. The Morgan fingerprint density at radius 2 is 2.33 bits per heavy atom. The molecule has 5 nitrogen and oxygen atoms in total. The van der Waals surface area contributed by atoms with E-state index in [1.165, 1.54) is 0 Å². The van der Waals surface area contributed by atoms with E-state index in [0.29, 0.717) is 12.4 Å². The molecule has 0 unspecified atom stereocenters. The van der Waals surface area contributed by atoms with Crippen LogP contribution in [0.2, 0.25) is 0 Å². The maximum Gasteiger partial charge on any atom is 0.213 e. The van der Waals surface area contributed by atoms with Gasteiger partial charge in [0.1, 0.15) is 0 Å². The Hall–Kier alpha value is -1.31. The summed E-state index contributed by atoms with van der Waals surface area (Å²) < 4.78 is 5.11. The van der Waals surface area contributed by atoms with Crippen molar-refractivity contribution in [2.75, 3.05) is 27.7 Å². The van der Waals surface area contributed by atoms with Crippen LogP contribution in [0.15, 0.2) is 36.0 Å². The number of allylic oxidation sites excluding steroid dienone is 1. The molecule has 0 saturated heterocycles. The van der Waals surface area contributed by atoms with Crippen LogP contribution in [0, 0.1) is 0 Å². The summed E-state index contributed by atoms with van der Waals surface area (Å²) in [5, 5.41) is 3.33. The van der Waals surface area contributed by atoms with Crippen molar-refractivity contribution in [1.82, 2.24) is 15.2 Å². The Morgan fingerprint density at radius 1 is 1.57 bits per heavy atom. The summed E-state index contributed by atoms with van der Waals surface area (Å²) in [6.45, 7) is 5.37. The molecule has 0 radical (unpaired) electrons. The fourth-order valence-electron chi connectivity index (χ4n) is 1.82. The van der Waals surface area contributed by atoms with E-state index in [9.17, 15) is 0 Å². The van der Waals surface area contributed by atoms with Gasteiger partial charge in [0.25, 0.3) is 0 Å². The number of nitrogens with zero attached hydrogens (tertiary/aromatic N) is 3. The number of rotatable bonds is 7. The van der Waals surface area contributed by atoms with E-state index in [2.05, 4.69) is 26.8 Å². The molecular formula is C15H25IN4O. The van der Waals surface area contributed by atoms with Crippen molar-refractivity contribution in [3.63, 3.8) is 0 Å². The second-order valence-electron chi connectivity index (χ2n) is 4.46. The molecular weight excluding hydrogens is 379 g/mol. The first kappa shape index (κ1) is 19.7. The molecule has 21 heavy (non-hydrogen) atoms. The Labute approximate surface area is 144 Å². The number of guanidine groups is 1. The molecule has 1 aromatic rings. The Balaban J connectivity index is 0.00000400. The first-order valence-corrected chi connectivity index (χ1v) is 6.73. The molecule has 0 aliphatic rings. The lowest BCUT2D eigenvalue weighted by atomic mass is 10.2. The Kier molecular flexibility index (Phi) is 10.7. The number of aromatic nitrogens is 1. The molecule has 0 atom stereocenters. The zero-order chi connectivity index (χ0) is 14.8. The minimum absolute atomic E-state index is 0. The van der Waals surface area contributed by atoms with E-state index in [0.717, 1.165) is 30.9 Å². The van der Waals surface area contributed by atoms with Crippen LogP contribution in [-0.2, 0) is 6.54 Å². The minimum atomic E-state index is 0. The van der Waals surface area contributed by atoms with Crippen LogP contribution in [0.1, 0.15) is 18.4 Å². The standard InChI is InChI=1S/C15H24N4O.HI/c1-5-6-7-10-19(3)15(16-2)18-12-13-8-9-17-14(11-13)20-4;/h5,8-9,11H,1,6-7,10,12H2,2-4H3,(H,16,18);1H. The topological polar surface area (TPSA) is 49.8 Å². The number of aliphatic imine (C=N–C) groups is 1. The van der Waals surface area contributed by atoms with E-state index in [1.807, 2.05) is 25.3 Å². The molecule has 0 aromatic carbocycles. The molecule has 1 rings (SSSR count). The molecule has 0 spiro atoms. The molecule has 6 heteroatoms. The van der Waals surface area contributed by atoms with Crippen molar-refractivity contribution in [2.45, 2.75) is 19.4 Å². The third-order valence-electron chi connectivity index (χ3n) is 2.93. The number of ether oxygens (including phenoxy) is 1.